The Bertz CT molecular complexity index is 1400. The molecule has 4 aromatic heterocycles. The van der Waals surface area contributed by atoms with Gasteiger partial charge in [-0.3, -0.25) is 0 Å². The summed E-state index contributed by atoms with van der Waals surface area (Å²) in [7, 11) is 0. The Hall–Kier alpha value is -4.07. The molecule has 0 spiro atoms. The van der Waals surface area contributed by atoms with Crippen molar-refractivity contribution in [3.63, 3.8) is 0 Å². The zero-order valence-electron chi connectivity index (χ0n) is 20.3. The molecule has 0 bridgehead atoms. The summed E-state index contributed by atoms with van der Waals surface area (Å²) in [6.45, 7) is -3.73. The van der Waals surface area contributed by atoms with Crippen LogP contribution in [0.25, 0.3) is 22.6 Å². The van der Waals surface area contributed by atoms with Crippen molar-refractivity contribution in [1.29, 1.82) is 0 Å². The minimum atomic E-state index is -2.78. The molecule has 5 rings (SSSR count). The predicted octanol–water partition coefficient (Wildman–Crippen LogP) is 5.24. The molecule has 1 aliphatic rings. The largest absolute Gasteiger partial charge is 0.390 e. The van der Waals surface area contributed by atoms with E-state index in [2.05, 4.69) is 35.8 Å². The Kier molecular flexibility index (Phi) is 6.97. The van der Waals surface area contributed by atoms with Gasteiger partial charge < -0.3 is 15.7 Å². The molecule has 14 heteroatoms. The summed E-state index contributed by atoms with van der Waals surface area (Å²) >= 11 is 0. The van der Waals surface area contributed by atoms with E-state index in [9.17, 15) is 22.7 Å². The fraction of sp³-hybridized carbons (Fsp3) is 0.375. The smallest absolute Gasteiger partial charge is 0.333 e. The SMILES string of the molecule is CC1(O)CCC(Nc2cc(Nc3ccnc(-c4cnn(C(F)F)c4)n3)ncc2-c2ccn(C(F)F)n2)CC1. The average Bonchev–Trinajstić information content (AvgIpc) is 3.57. The molecule has 0 aromatic carbocycles. The van der Waals surface area contributed by atoms with E-state index >= 15 is 0 Å². The van der Waals surface area contributed by atoms with Crippen molar-refractivity contribution in [3.05, 3.63) is 49.2 Å². The molecule has 1 saturated carbocycles. The molecule has 0 radical (unpaired) electrons. The van der Waals surface area contributed by atoms with Crippen LogP contribution in [0.5, 0.6) is 0 Å². The third-order valence-electron chi connectivity index (χ3n) is 6.38. The van der Waals surface area contributed by atoms with Gasteiger partial charge in [0, 0.05) is 48.1 Å². The van der Waals surface area contributed by atoms with Crippen LogP contribution in [0.15, 0.2) is 49.2 Å². The van der Waals surface area contributed by atoms with Crippen LogP contribution in [0.3, 0.4) is 0 Å². The van der Waals surface area contributed by atoms with Gasteiger partial charge in [0.15, 0.2) is 5.82 Å². The van der Waals surface area contributed by atoms with Gasteiger partial charge in [0.2, 0.25) is 0 Å². The summed E-state index contributed by atoms with van der Waals surface area (Å²) in [5, 5.41) is 24.4. The zero-order valence-corrected chi connectivity index (χ0v) is 20.3. The molecule has 0 aliphatic heterocycles. The summed E-state index contributed by atoms with van der Waals surface area (Å²) in [5.41, 5.74) is 1.10. The van der Waals surface area contributed by atoms with E-state index in [-0.39, 0.29) is 11.9 Å². The first-order valence-corrected chi connectivity index (χ1v) is 11.9. The molecule has 4 heterocycles. The lowest BCUT2D eigenvalue weighted by molar-refractivity contribution is 0.0196. The Labute approximate surface area is 214 Å². The quantitative estimate of drug-likeness (QED) is 0.264. The summed E-state index contributed by atoms with van der Waals surface area (Å²) in [5.74, 6) is 0.964. The maximum absolute atomic E-state index is 13.1. The maximum Gasteiger partial charge on any atom is 0.333 e. The summed E-state index contributed by atoms with van der Waals surface area (Å²) in [6.07, 6.45) is 9.31. The van der Waals surface area contributed by atoms with Crippen LogP contribution < -0.4 is 10.6 Å². The van der Waals surface area contributed by atoms with E-state index in [0.29, 0.717) is 56.3 Å². The first-order chi connectivity index (χ1) is 18.2. The number of halogens is 4. The van der Waals surface area contributed by atoms with Crippen molar-refractivity contribution < 1.29 is 22.7 Å². The highest BCUT2D eigenvalue weighted by Crippen LogP contribution is 2.34. The molecule has 3 N–H and O–H groups in total. The fourth-order valence-corrected chi connectivity index (χ4v) is 4.30. The fourth-order valence-electron chi connectivity index (χ4n) is 4.30. The molecule has 0 amide bonds. The number of aliphatic hydroxyl groups is 1. The van der Waals surface area contributed by atoms with Crippen LogP contribution in [0, 0.1) is 0 Å². The number of aromatic nitrogens is 7. The number of rotatable bonds is 8. The molecule has 200 valence electrons. The first-order valence-electron chi connectivity index (χ1n) is 11.9. The first kappa shape index (κ1) is 25.6. The third kappa shape index (κ3) is 5.74. The van der Waals surface area contributed by atoms with Crippen LogP contribution in [-0.2, 0) is 0 Å². The van der Waals surface area contributed by atoms with Gasteiger partial charge in [0.05, 0.1) is 23.1 Å². The molecule has 10 nitrogen and oxygen atoms in total. The highest BCUT2D eigenvalue weighted by atomic mass is 19.3. The van der Waals surface area contributed by atoms with E-state index in [0.717, 1.165) is 19.0 Å². The summed E-state index contributed by atoms with van der Waals surface area (Å²) < 4.78 is 53.1. The van der Waals surface area contributed by atoms with Gasteiger partial charge in [-0.25, -0.2) is 24.3 Å². The Morgan fingerprint density at radius 3 is 2.47 bits per heavy atom. The minimum Gasteiger partial charge on any atom is -0.390 e. The van der Waals surface area contributed by atoms with Crippen LogP contribution in [0.4, 0.5) is 34.9 Å². The highest BCUT2D eigenvalue weighted by Gasteiger charge is 2.29. The number of nitrogens with one attached hydrogen (secondary N) is 2. The van der Waals surface area contributed by atoms with Crippen molar-refractivity contribution in [1.82, 2.24) is 34.5 Å². The van der Waals surface area contributed by atoms with E-state index in [1.54, 1.807) is 12.1 Å². The molecule has 1 aliphatic carbocycles. The lowest BCUT2D eigenvalue weighted by Gasteiger charge is -2.34. The number of hydrogen-bond acceptors (Lipinski definition) is 8. The standard InChI is InChI=1S/C24H25F4N9O/c1-24(38)6-2-15(3-7-24)32-18-10-20(30-12-16(18)17-5-9-36(35-17)22(25)26)33-19-4-8-29-21(34-19)14-11-31-37(13-14)23(27)28/h4-5,8-13,15,22-23,38H,2-3,6-7H2,1H3,(H2,29,30,32,33,34). The second-order valence-electron chi connectivity index (χ2n) is 9.37. The molecule has 0 atom stereocenters. The second kappa shape index (κ2) is 10.4. The highest BCUT2D eigenvalue weighted by molar-refractivity contribution is 5.78. The van der Waals surface area contributed by atoms with Crippen LogP contribution >= 0.6 is 0 Å². The van der Waals surface area contributed by atoms with Gasteiger partial charge in [-0.1, -0.05) is 0 Å². The Morgan fingerprint density at radius 2 is 1.79 bits per heavy atom. The normalized spacial score (nSPS) is 19.7. The molecule has 0 saturated heterocycles. The van der Waals surface area contributed by atoms with Crippen molar-refractivity contribution in [3.8, 4) is 22.6 Å². The number of pyridine rings is 1. The molecule has 1 fully saturated rings. The van der Waals surface area contributed by atoms with Crippen LogP contribution in [0.2, 0.25) is 0 Å². The van der Waals surface area contributed by atoms with Gasteiger partial charge in [-0.05, 0) is 44.7 Å². The van der Waals surface area contributed by atoms with E-state index < -0.39 is 18.7 Å². The monoisotopic (exact) mass is 531 g/mol. The van der Waals surface area contributed by atoms with Gasteiger partial charge in [-0.2, -0.15) is 27.8 Å². The maximum atomic E-state index is 13.1. The number of anilines is 3. The number of nitrogens with zero attached hydrogens (tertiary/aromatic N) is 7. The average molecular weight is 532 g/mol. The lowest BCUT2D eigenvalue weighted by atomic mass is 9.83. The topological polar surface area (TPSA) is 119 Å². The van der Waals surface area contributed by atoms with Crippen molar-refractivity contribution in [2.75, 3.05) is 10.6 Å². The molecule has 0 unspecified atom stereocenters. The summed E-state index contributed by atoms with van der Waals surface area (Å²) in [4.78, 5) is 12.9. The number of alkyl halides is 4. The lowest BCUT2D eigenvalue weighted by Crippen LogP contribution is -2.35. The Balaban J connectivity index is 1.42. The Morgan fingerprint density at radius 1 is 1.03 bits per heavy atom. The summed E-state index contributed by atoms with van der Waals surface area (Å²) in [6, 6.07) is 4.86. The predicted molar refractivity (Wildman–Crippen MR) is 131 cm³/mol. The molecular formula is C24H25F4N9O. The second-order valence-corrected chi connectivity index (χ2v) is 9.37. The third-order valence-corrected chi connectivity index (χ3v) is 6.38. The van der Waals surface area contributed by atoms with Crippen molar-refractivity contribution in [2.45, 2.75) is 57.3 Å². The number of hydrogen-bond donors (Lipinski definition) is 3. The zero-order chi connectivity index (χ0) is 26.9. The van der Waals surface area contributed by atoms with Gasteiger partial charge in [0.25, 0.3) is 0 Å². The van der Waals surface area contributed by atoms with Crippen LogP contribution in [0.1, 0.15) is 45.7 Å². The van der Waals surface area contributed by atoms with E-state index in [1.807, 2.05) is 6.92 Å². The van der Waals surface area contributed by atoms with Gasteiger partial charge >= 0.3 is 13.1 Å². The van der Waals surface area contributed by atoms with E-state index in [1.165, 1.54) is 30.9 Å². The van der Waals surface area contributed by atoms with Crippen molar-refractivity contribution in [2.24, 2.45) is 0 Å². The van der Waals surface area contributed by atoms with Crippen LogP contribution in [-0.4, -0.2) is 51.3 Å². The molecule has 4 aromatic rings. The van der Waals surface area contributed by atoms with Gasteiger partial charge in [0.1, 0.15) is 11.6 Å². The molecule has 38 heavy (non-hydrogen) atoms. The minimum absolute atomic E-state index is 0.0541. The molecular weight excluding hydrogens is 506 g/mol. The van der Waals surface area contributed by atoms with E-state index in [4.69, 9.17) is 0 Å². The van der Waals surface area contributed by atoms with Gasteiger partial charge in [-0.15, -0.1) is 0 Å². The van der Waals surface area contributed by atoms with Crippen molar-refractivity contribution >= 4 is 17.3 Å².